The van der Waals surface area contributed by atoms with Gasteiger partial charge in [-0.25, -0.2) is 4.98 Å². The minimum absolute atomic E-state index is 0.569. The minimum Gasteiger partial charge on any atom is -0.326 e. The molecule has 20 heavy (non-hydrogen) atoms. The Balaban J connectivity index is 1.99. The van der Waals surface area contributed by atoms with E-state index in [9.17, 15) is 0 Å². The average Bonchev–Trinajstić information content (AvgIpc) is 3.10. The minimum atomic E-state index is 0.569. The van der Waals surface area contributed by atoms with E-state index in [0.717, 1.165) is 16.9 Å². The molecule has 0 unspecified atom stereocenters. The van der Waals surface area contributed by atoms with E-state index in [1.54, 1.807) is 11.3 Å². The fourth-order valence-electron chi connectivity index (χ4n) is 2.74. The molecule has 1 saturated carbocycles. The van der Waals surface area contributed by atoms with Crippen molar-refractivity contribution in [2.75, 3.05) is 0 Å². The molecule has 1 aliphatic rings. The third-order valence-corrected chi connectivity index (χ3v) is 4.98. The van der Waals surface area contributed by atoms with Crippen LogP contribution >= 0.6 is 11.3 Å². The maximum absolute atomic E-state index is 5.74. The second-order valence-electron chi connectivity index (χ2n) is 5.50. The van der Waals surface area contributed by atoms with Gasteiger partial charge in [0.05, 0.1) is 15.9 Å². The number of hydrogen-bond donors (Lipinski definition) is 1. The van der Waals surface area contributed by atoms with Crippen molar-refractivity contribution in [2.45, 2.75) is 32.4 Å². The van der Waals surface area contributed by atoms with Crippen LogP contribution in [0.25, 0.3) is 21.7 Å². The van der Waals surface area contributed by atoms with Gasteiger partial charge in [0.2, 0.25) is 0 Å². The van der Waals surface area contributed by atoms with Gasteiger partial charge in [-0.1, -0.05) is 6.07 Å². The fourth-order valence-corrected chi connectivity index (χ4v) is 3.65. The molecule has 1 aromatic carbocycles. The first-order valence-corrected chi connectivity index (χ1v) is 7.91. The lowest BCUT2D eigenvalue weighted by Gasteiger charge is -2.07. The third kappa shape index (κ3) is 1.79. The maximum Gasteiger partial charge on any atom is 0.151 e. The molecule has 0 atom stereocenters. The first-order valence-electron chi connectivity index (χ1n) is 7.03. The Morgan fingerprint density at radius 1 is 1.35 bits per heavy atom. The summed E-state index contributed by atoms with van der Waals surface area (Å²) >= 11 is 1.78. The van der Waals surface area contributed by atoms with Crippen molar-refractivity contribution in [3.05, 3.63) is 40.8 Å². The number of aryl methyl sites for hydroxylation is 1. The highest BCUT2D eigenvalue weighted by molar-refractivity contribution is 7.13. The lowest BCUT2D eigenvalue weighted by Crippen LogP contribution is -1.98. The molecule has 2 aromatic heterocycles. The average molecular weight is 283 g/mol. The molecule has 3 nitrogen and oxygen atoms in total. The number of aromatic nitrogens is 2. The first-order chi connectivity index (χ1) is 9.78. The van der Waals surface area contributed by atoms with Gasteiger partial charge in [-0.3, -0.25) is 0 Å². The predicted octanol–water partition coefficient (Wildman–Crippen LogP) is 3.87. The fraction of sp³-hybridized carbons (Fsp3) is 0.312. The summed E-state index contributed by atoms with van der Waals surface area (Å²) in [4.78, 5) is 6.20. The van der Waals surface area contributed by atoms with Crippen LogP contribution in [0, 0.1) is 6.92 Å². The van der Waals surface area contributed by atoms with Crippen molar-refractivity contribution in [1.82, 2.24) is 9.55 Å². The molecule has 4 heteroatoms. The van der Waals surface area contributed by atoms with Gasteiger partial charge in [-0.15, -0.1) is 11.3 Å². The summed E-state index contributed by atoms with van der Waals surface area (Å²) in [6.45, 7) is 2.73. The van der Waals surface area contributed by atoms with Crippen molar-refractivity contribution < 1.29 is 0 Å². The smallest absolute Gasteiger partial charge is 0.151 e. The van der Waals surface area contributed by atoms with E-state index >= 15 is 0 Å². The van der Waals surface area contributed by atoms with Crippen molar-refractivity contribution in [1.29, 1.82) is 0 Å². The lowest BCUT2D eigenvalue weighted by atomic mass is 10.2. The number of benzene rings is 1. The van der Waals surface area contributed by atoms with Gasteiger partial charge in [0.15, 0.2) is 5.82 Å². The van der Waals surface area contributed by atoms with E-state index in [1.165, 1.54) is 28.8 Å². The highest BCUT2D eigenvalue weighted by Gasteiger charge is 2.29. The number of hydrogen-bond acceptors (Lipinski definition) is 3. The van der Waals surface area contributed by atoms with Crippen LogP contribution in [0.5, 0.6) is 0 Å². The van der Waals surface area contributed by atoms with E-state index < -0.39 is 0 Å². The molecule has 3 aromatic rings. The molecule has 0 saturated heterocycles. The summed E-state index contributed by atoms with van der Waals surface area (Å²) in [6.07, 6.45) is 2.53. The number of nitrogens with zero attached hydrogens (tertiary/aromatic N) is 2. The number of imidazole rings is 1. The van der Waals surface area contributed by atoms with Gasteiger partial charge in [0.25, 0.3) is 0 Å². The molecule has 0 amide bonds. The zero-order valence-electron chi connectivity index (χ0n) is 11.5. The zero-order valence-corrected chi connectivity index (χ0v) is 12.3. The highest BCUT2D eigenvalue weighted by Crippen LogP contribution is 2.42. The van der Waals surface area contributed by atoms with Gasteiger partial charge in [-0.2, -0.15) is 0 Å². The van der Waals surface area contributed by atoms with E-state index in [2.05, 4.69) is 41.1 Å². The van der Waals surface area contributed by atoms with Crippen LogP contribution in [0.1, 0.15) is 30.0 Å². The third-order valence-electron chi connectivity index (χ3n) is 3.97. The van der Waals surface area contributed by atoms with Gasteiger partial charge < -0.3 is 10.3 Å². The van der Waals surface area contributed by atoms with Crippen LogP contribution in [0.15, 0.2) is 29.6 Å². The molecule has 2 N–H and O–H groups in total. The predicted molar refractivity (Wildman–Crippen MR) is 83.9 cm³/mol. The standard InChI is InChI=1S/C16H17N3S/c1-10-6-7-20-15(10)16-18-13-8-11(9-17)2-5-14(13)19(16)12-3-4-12/h2,5-8,12H,3-4,9,17H2,1H3. The van der Waals surface area contributed by atoms with Crippen LogP contribution < -0.4 is 5.73 Å². The van der Waals surface area contributed by atoms with Crippen molar-refractivity contribution in [2.24, 2.45) is 5.73 Å². The summed E-state index contributed by atoms with van der Waals surface area (Å²) in [7, 11) is 0. The van der Waals surface area contributed by atoms with E-state index in [0.29, 0.717) is 12.6 Å². The van der Waals surface area contributed by atoms with E-state index in [4.69, 9.17) is 10.7 Å². The van der Waals surface area contributed by atoms with Gasteiger partial charge in [0.1, 0.15) is 0 Å². The summed E-state index contributed by atoms with van der Waals surface area (Å²) in [5, 5.41) is 2.15. The topological polar surface area (TPSA) is 43.8 Å². The number of rotatable bonds is 3. The molecule has 0 radical (unpaired) electrons. The Kier molecular flexibility index (Phi) is 2.69. The number of fused-ring (bicyclic) bond motifs is 1. The van der Waals surface area contributed by atoms with Crippen LogP contribution in [0.2, 0.25) is 0 Å². The Labute approximate surface area is 122 Å². The van der Waals surface area contributed by atoms with E-state index in [-0.39, 0.29) is 0 Å². The van der Waals surface area contributed by atoms with Crippen LogP contribution in [0.4, 0.5) is 0 Å². The normalized spacial score (nSPS) is 15.1. The van der Waals surface area contributed by atoms with Crippen LogP contribution in [0.3, 0.4) is 0 Å². The number of thiophene rings is 1. The molecular formula is C16H17N3S. The molecule has 0 aliphatic heterocycles. The summed E-state index contributed by atoms with van der Waals surface area (Å²) in [6, 6.07) is 9.21. The molecule has 1 fully saturated rings. The Morgan fingerprint density at radius 3 is 2.85 bits per heavy atom. The van der Waals surface area contributed by atoms with Crippen molar-refractivity contribution in [3.8, 4) is 10.7 Å². The SMILES string of the molecule is Cc1ccsc1-c1nc2cc(CN)ccc2n1C1CC1. The quantitative estimate of drug-likeness (QED) is 0.793. The second-order valence-corrected chi connectivity index (χ2v) is 6.41. The lowest BCUT2D eigenvalue weighted by molar-refractivity contribution is 0.776. The molecule has 2 heterocycles. The summed E-state index contributed by atoms with van der Waals surface area (Å²) in [5.41, 5.74) is 10.5. The van der Waals surface area contributed by atoms with Crippen molar-refractivity contribution in [3.63, 3.8) is 0 Å². The molecule has 4 rings (SSSR count). The molecular weight excluding hydrogens is 266 g/mol. The largest absolute Gasteiger partial charge is 0.326 e. The first kappa shape index (κ1) is 12.1. The zero-order chi connectivity index (χ0) is 13.7. The Hall–Kier alpha value is -1.65. The van der Waals surface area contributed by atoms with Gasteiger partial charge in [-0.05, 0) is 54.5 Å². The second kappa shape index (κ2) is 4.43. The summed E-state index contributed by atoms with van der Waals surface area (Å²) < 4.78 is 2.43. The molecule has 0 spiro atoms. The molecule has 1 aliphatic carbocycles. The Morgan fingerprint density at radius 2 is 2.20 bits per heavy atom. The number of nitrogens with two attached hydrogens (primary N) is 1. The summed E-state index contributed by atoms with van der Waals surface area (Å²) in [5.74, 6) is 1.13. The van der Waals surface area contributed by atoms with Crippen molar-refractivity contribution >= 4 is 22.4 Å². The maximum atomic E-state index is 5.74. The van der Waals surface area contributed by atoms with Gasteiger partial charge >= 0.3 is 0 Å². The van der Waals surface area contributed by atoms with Gasteiger partial charge in [0, 0.05) is 12.6 Å². The monoisotopic (exact) mass is 283 g/mol. The Bertz CT molecular complexity index is 780. The van der Waals surface area contributed by atoms with E-state index in [1.807, 2.05) is 0 Å². The molecule has 0 bridgehead atoms. The highest BCUT2D eigenvalue weighted by atomic mass is 32.1. The van der Waals surface area contributed by atoms with Crippen LogP contribution in [-0.2, 0) is 6.54 Å². The molecule has 102 valence electrons. The van der Waals surface area contributed by atoms with Crippen LogP contribution in [-0.4, -0.2) is 9.55 Å².